The number of esters is 1. The molecule has 0 aliphatic heterocycles. The summed E-state index contributed by atoms with van der Waals surface area (Å²) in [7, 11) is 2.56. The smallest absolute Gasteiger partial charge is 0.435 e. The molecule has 0 atom stereocenters. The fourth-order valence-electron chi connectivity index (χ4n) is 1.99. The Kier molecular flexibility index (Phi) is 5.00. The Labute approximate surface area is 134 Å². The first-order chi connectivity index (χ1) is 10.8. The van der Waals surface area contributed by atoms with Crippen LogP contribution in [0.1, 0.15) is 21.6 Å². The summed E-state index contributed by atoms with van der Waals surface area (Å²) in [4.78, 5) is 12.1. The molecule has 2 aromatic rings. The van der Waals surface area contributed by atoms with Gasteiger partial charge in [0.25, 0.3) is 0 Å². The first-order valence-corrected chi connectivity index (χ1v) is 7.20. The number of aromatic nitrogens is 2. The first-order valence-electron chi connectivity index (χ1n) is 6.38. The van der Waals surface area contributed by atoms with Gasteiger partial charge in [0.15, 0.2) is 5.69 Å². The van der Waals surface area contributed by atoms with Crippen LogP contribution in [0.5, 0.6) is 0 Å². The standard InChI is InChI=1S/C14H13F3N2O3S/c1-19-12(9(7-20)11(18-19)14(15,16)17)23-10-6-4-3-5-8(10)13(21)22-2/h3-6,20H,7H2,1-2H3. The van der Waals surface area contributed by atoms with E-state index in [0.717, 1.165) is 16.4 Å². The van der Waals surface area contributed by atoms with Crippen molar-refractivity contribution in [2.45, 2.75) is 22.7 Å². The molecule has 0 unspecified atom stereocenters. The van der Waals surface area contributed by atoms with E-state index in [9.17, 15) is 23.1 Å². The van der Waals surface area contributed by atoms with Gasteiger partial charge >= 0.3 is 12.1 Å². The Morgan fingerprint density at radius 1 is 1.39 bits per heavy atom. The van der Waals surface area contributed by atoms with Gasteiger partial charge in [-0.15, -0.1) is 0 Å². The van der Waals surface area contributed by atoms with Gasteiger partial charge in [-0.2, -0.15) is 18.3 Å². The SMILES string of the molecule is COC(=O)c1ccccc1Sc1c(CO)c(C(F)(F)F)nn1C. The highest BCUT2D eigenvalue weighted by atomic mass is 32.2. The second-order valence-corrected chi connectivity index (χ2v) is 5.53. The molecule has 1 aromatic carbocycles. The van der Waals surface area contributed by atoms with Gasteiger partial charge in [0, 0.05) is 17.5 Å². The number of aliphatic hydroxyl groups is 1. The third kappa shape index (κ3) is 3.50. The number of nitrogens with zero attached hydrogens (tertiary/aromatic N) is 2. The lowest BCUT2D eigenvalue weighted by Gasteiger charge is -2.09. The van der Waals surface area contributed by atoms with E-state index < -0.39 is 24.4 Å². The molecule has 1 heterocycles. The quantitative estimate of drug-likeness (QED) is 0.863. The van der Waals surface area contributed by atoms with E-state index in [1.54, 1.807) is 18.2 Å². The Balaban J connectivity index is 2.50. The topological polar surface area (TPSA) is 64.3 Å². The van der Waals surface area contributed by atoms with Crippen LogP contribution in [0.25, 0.3) is 0 Å². The van der Waals surface area contributed by atoms with Crippen molar-refractivity contribution in [3.05, 3.63) is 41.1 Å². The number of hydrogen-bond donors (Lipinski definition) is 1. The maximum Gasteiger partial charge on any atom is 0.435 e. The first kappa shape index (κ1) is 17.4. The van der Waals surface area contributed by atoms with E-state index in [1.165, 1.54) is 20.2 Å². The molecule has 0 fully saturated rings. The normalized spacial score (nSPS) is 11.6. The van der Waals surface area contributed by atoms with Crippen molar-refractivity contribution in [2.24, 2.45) is 7.05 Å². The van der Waals surface area contributed by atoms with Gasteiger partial charge in [-0.1, -0.05) is 23.9 Å². The van der Waals surface area contributed by atoms with Crippen molar-refractivity contribution < 1.29 is 27.8 Å². The average molecular weight is 346 g/mol. The number of ether oxygens (including phenoxy) is 1. The van der Waals surface area contributed by atoms with Crippen molar-refractivity contribution in [2.75, 3.05) is 7.11 Å². The number of carbonyl (C=O) groups is 1. The lowest BCUT2D eigenvalue weighted by Crippen LogP contribution is -2.09. The minimum atomic E-state index is -4.67. The summed E-state index contributed by atoms with van der Waals surface area (Å²) in [5.41, 5.74) is -1.25. The molecule has 5 nitrogen and oxygen atoms in total. The van der Waals surface area contributed by atoms with Crippen LogP contribution in [0.2, 0.25) is 0 Å². The molecule has 0 saturated heterocycles. The number of hydrogen-bond acceptors (Lipinski definition) is 5. The molecule has 23 heavy (non-hydrogen) atoms. The van der Waals surface area contributed by atoms with Gasteiger partial charge in [-0.3, -0.25) is 4.68 Å². The molecule has 9 heteroatoms. The van der Waals surface area contributed by atoms with Crippen LogP contribution in [0.15, 0.2) is 34.2 Å². The highest BCUT2D eigenvalue weighted by molar-refractivity contribution is 7.99. The lowest BCUT2D eigenvalue weighted by molar-refractivity contribution is -0.142. The number of methoxy groups -OCH3 is 1. The van der Waals surface area contributed by atoms with E-state index in [-0.39, 0.29) is 16.2 Å². The van der Waals surface area contributed by atoms with Crippen LogP contribution in [0.3, 0.4) is 0 Å². The summed E-state index contributed by atoms with van der Waals surface area (Å²) in [5.74, 6) is -0.600. The Morgan fingerprint density at radius 2 is 2.04 bits per heavy atom. The predicted octanol–water partition coefficient (Wildman–Crippen LogP) is 2.87. The second-order valence-electron chi connectivity index (χ2n) is 4.50. The van der Waals surface area contributed by atoms with E-state index in [2.05, 4.69) is 9.84 Å². The van der Waals surface area contributed by atoms with Crippen molar-refractivity contribution in [3.8, 4) is 0 Å². The van der Waals surface area contributed by atoms with Crippen LogP contribution in [-0.2, 0) is 24.6 Å². The molecule has 2 rings (SSSR count). The molecule has 0 spiro atoms. The molecule has 0 saturated carbocycles. The largest absolute Gasteiger partial charge is 0.465 e. The van der Waals surface area contributed by atoms with E-state index in [1.807, 2.05) is 0 Å². The average Bonchev–Trinajstić information content (AvgIpc) is 2.83. The summed E-state index contributed by atoms with van der Waals surface area (Å²) in [6, 6.07) is 6.36. The fourth-order valence-corrected chi connectivity index (χ4v) is 3.06. The van der Waals surface area contributed by atoms with Crippen molar-refractivity contribution in [1.29, 1.82) is 0 Å². The van der Waals surface area contributed by atoms with Crippen LogP contribution >= 0.6 is 11.8 Å². The summed E-state index contributed by atoms with van der Waals surface area (Å²) in [6.07, 6.45) is -4.67. The number of alkyl halides is 3. The fraction of sp³-hybridized carbons (Fsp3) is 0.286. The van der Waals surface area contributed by atoms with Gasteiger partial charge in [-0.25, -0.2) is 4.79 Å². The van der Waals surface area contributed by atoms with E-state index in [4.69, 9.17) is 0 Å². The zero-order chi connectivity index (χ0) is 17.2. The molecular formula is C14H13F3N2O3S. The minimum absolute atomic E-state index is 0.108. The molecule has 1 N–H and O–H groups in total. The number of aliphatic hydroxyl groups excluding tert-OH is 1. The van der Waals surface area contributed by atoms with Crippen molar-refractivity contribution >= 4 is 17.7 Å². The molecule has 1 aromatic heterocycles. The van der Waals surface area contributed by atoms with Gasteiger partial charge in [0.2, 0.25) is 0 Å². The number of aryl methyl sites for hydroxylation is 1. The molecule has 0 aliphatic rings. The third-order valence-electron chi connectivity index (χ3n) is 3.01. The van der Waals surface area contributed by atoms with Crippen molar-refractivity contribution in [3.63, 3.8) is 0 Å². The summed E-state index contributed by atoms with van der Waals surface area (Å²) < 4.78 is 44.6. The monoisotopic (exact) mass is 346 g/mol. The van der Waals surface area contributed by atoms with Gasteiger partial charge in [0.05, 0.1) is 19.3 Å². The van der Waals surface area contributed by atoms with Crippen LogP contribution in [0.4, 0.5) is 13.2 Å². The lowest BCUT2D eigenvalue weighted by atomic mass is 10.2. The number of benzene rings is 1. The van der Waals surface area contributed by atoms with Crippen molar-refractivity contribution in [1.82, 2.24) is 9.78 Å². The predicted molar refractivity (Wildman–Crippen MR) is 76.0 cm³/mol. The maximum atomic E-state index is 13.0. The molecule has 0 amide bonds. The number of halogens is 3. The maximum absolute atomic E-state index is 13.0. The zero-order valence-electron chi connectivity index (χ0n) is 12.2. The number of carbonyl (C=O) groups excluding carboxylic acids is 1. The minimum Gasteiger partial charge on any atom is -0.465 e. The van der Waals surface area contributed by atoms with Crippen LogP contribution in [0, 0.1) is 0 Å². The van der Waals surface area contributed by atoms with Gasteiger partial charge in [0.1, 0.15) is 5.03 Å². The zero-order valence-corrected chi connectivity index (χ0v) is 13.0. The third-order valence-corrected chi connectivity index (χ3v) is 4.29. The van der Waals surface area contributed by atoms with E-state index >= 15 is 0 Å². The second kappa shape index (κ2) is 6.63. The van der Waals surface area contributed by atoms with Crippen LogP contribution in [-0.4, -0.2) is 28.0 Å². The molecule has 0 aliphatic carbocycles. The molecular weight excluding hydrogens is 333 g/mol. The number of rotatable bonds is 4. The highest BCUT2D eigenvalue weighted by Crippen LogP contribution is 2.39. The molecule has 0 bridgehead atoms. The van der Waals surface area contributed by atoms with Gasteiger partial charge < -0.3 is 9.84 Å². The highest BCUT2D eigenvalue weighted by Gasteiger charge is 2.38. The molecule has 0 radical (unpaired) electrons. The Hall–Kier alpha value is -2.00. The van der Waals surface area contributed by atoms with Crippen LogP contribution < -0.4 is 0 Å². The Bertz CT molecular complexity index is 729. The molecule has 124 valence electrons. The van der Waals surface area contributed by atoms with Gasteiger partial charge in [-0.05, 0) is 12.1 Å². The van der Waals surface area contributed by atoms with E-state index in [0.29, 0.717) is 4.90 Å². The summed E-state index contributed by atoms with van der Waals surface area (Å²) in [5, 5.41) is 12.9. The summed E-state index contributed by atoms with van der Waals surface area (Å²) in [6.45, 7) is -0.814. The Morgan fingerprint density at radius 3 is 2.61 bits per heavy atom. The summed E-state index contributed by atoms with van der Waals surface area (Å²) >= 11 is 0.912.